The summed E-state index contributed by atoms with van der Waals surface area (Å²) >= 11 is 0. The van der Waals surface area contributed by atoms with Crippen molar-refractivity contribution in [3.63, 3.8) is 0 Å². The summed E-state index contributed by atoms with van der Waals surface area (Å²) < 4.78 is 30.1. The molecule has 27 heavy (non-hydrogen) atoms. The van der Waals surface area contributed by atoms with E-state index in [2.05, 4.69) is 16.7 Å². The molecule has 0 atom stereocenters. The molecule has 0 bridgehead atoms. The Morgan fingerprint density at radius 2 is 1.52 bits per heavy atom. The zero-order valence-corrected chi connectivity index (χ0v) is 16.6. The largest absolute Gasteiger partial charge is 0.346 e. The van der Waals surface area contributed by atoms with Crippen LogP contribution in [0, 0.1) is 5.92 Å². The van der Waals surface area contributed by atoms with Crippen LogP contribution in [-0.2, 0) is 23.1 Å². The van der Waals surface area contributed by atoms with Gasteiger partial charge in [0, 0.05) is 25.0 Å². The summed E-state index contributed by atoms with van der Waals surface area (Å²) in [4.78, 5) is 0.340. The number of hydrogen-bond donors (Lipinski definition) is 0. The number of hydrogen-bond acceptors (Lipinski definition) is 2. The number of aromatic nitrogens is 1. The molecule has 1 aromatic heterocycles. The molecule has 0 amide bonds. The van der Waals surface area contributed by atoms with E-state index in [1.54, 1.807) is 28.6 Å². The van der Waals surface area contributed by atoms with E-state index in [0.717, 1.165) is 12.2 Å². The Balaban J connectivity index is 1.87. The van der Waals surface area contributed by atoms with Crippen LogP contribution in [0.5, 0.6) is 0 Å². The van der Waals surface area contributed by atoms with Crippen LogP contribution in [-0.4, -0.2) is 23.8 Å². The third-order valence-corrected chi connectivity index (χ3v) is 6.23. The topological polar surface area (TPSA) is 42.3 Å². The van der Waals surface area contributed by atoms with E-state index in [4.69, 9.17) is 0 Å². The van der Waals surface area contributed by atoms with Crippen molar-refractivity contribution >= 4 is 10.0 Å². The lowest BCUT2D eigenvalue weighted by Crippen LogP contribution is -2.34. The summed E-state index contributed by atoms with van der Waals surface area (Å²) in [7, 11) is -3.54. The van der Waals surface area contributed by atoms with Crippen LogP contribution in [0.4, 0.5) is 0 Å². The summed E-state index contributed by atoms with van der Waals surface area (Å²) in [6.45, 7) is 5.64. The number of sulfonamides is 1. The molecule has 3 rings (SSSR count). The SMILES string of the molecule is CC(C)CN(Cc1cccn1Cc1ccccc1)S(=O)(=O)c1ccccc1. The average molecular weight is 383 g/mol. The summed E-state index contributed by atoms with van der Waals surface area (Å²) in [6, 6.07) is 22.8. The third kappa shape index (κ3) is 4.87. The molecule has 0 radical (unpaired) electrons. The first-order valence-corrected chi connectivity index (χ1v) is 10.6. The van der Waals surface area contributed by atoms with Gasteiger partial charge in [-0.2, -0.15) is 4.31 Å². The predicted molar refractivity (Wildman–Crippen MR) is 109 cm³/mol. The van der Waals surface area contributed by atoms with E-state index in [1.807, 2.05) is 56.4 Å². The van der Waals surface area contributed by atoms with Gasteiger partial charge in [-0.1, -0.05) is 62.4 Å². The second kappa shape index (κ2) is 8.55. The molecule has 2 aromatic carbocycles. The van der Waals surface area contributed by atoms with Gasteiger partial charge in [0.05, 0.1) is 11.4 Å². The minimum atomic E-state index is -3.54. The minimum Gasteiger partial charge on any atom is -0.346 e. The van der Waals surface area contributed by atoms with Crippen LogP contribution in [0.3, 0.4) is 0 Å². The first kappa shape index (κ1) is 19.4. The molecule has 142 valence electrons. The van der Waals surface area contributed by atoms with Gasteiger partial charge in [-0.3, -0.25) is 0 Å². The van der Waals surface area contributed by atoms with Crippen molar-refractivity contribution in [1.82, 2.24) is 8.87 Å². The van der Waals surface area contributed by atoms with Gasteiger partial charge in [0.25, 0.3) is 0 Å². The van der Waals surface area contributed by atoms with Gasteiger partial charge in [0.1, 0.15) is 0 Å². The van der Waals surface area contributed by atoms with E-state index in [0.29, 0.717) is 18.0 Å². The fourth-order valence-electron chi connectivity index (χ4n) is 3.10. The lowest BCUT2D eigenvalue weighted by Gasteiger charge is -2.25. The smallest absolute Gasteiger partial charge is 0.243 e. The van der Waals surface area contributed by atoms with E-state index >= 15 is 0 Å². The van der Waals surface area contributed by atoms with Crippen molar-refractivity contribution in [2.45, 2.75) is 31.8 Å². The van der Waals surface area contributed by atoms with Gasteiger partial charge in [-0.25, -0.2) is 8.42 Å². The van der Waals surface area contributed by atoms with Gasteiger partial charge in [0.15, 0.2) is 0 Å². The Labute approximate surface area is 162 Å². The van der Waals surface area contributed by atoms with Crippen LogP contribution in [0.15, 0.2) is 83.9 Å². The Morgan fingerprint density at radius 1 is 0.889 bits per heavy atom. The lowest BCUT2D eigenvalue weighted by molar-refractivity contribution is 0.354. The molecule has 4 nitrogen and oxygen atoms in total. The van der Waals surface area contributed by atoms with Gasteiger partial charge in [-0.15, -0.1) is 0 Å². The molecule has 1 heterocycles. The van der Waals surface area contributed by atoms with Crippen LogP contribution in [0.1, 0.15) is 25.1 Å². The van der Waals surface area contributed by atoms with Crippen molar-refractivity contribution in [2.24, 2.45) is 5.92 Å². The highest BCUT2D eigenvalue weighted by molar-refractivity contribution is 7.89. The molecule has 0 spiro atoms. The molecular weight excluding hydrogens is 356 g/mol. The van der Waals surface area contributed by atoms with Crippen molar-refractivity contribution in [1.29, 1.82) is 0 Å². The fraction of sp³-hybridized carbons (Fsp3) is 0.273. The maximum absolute atomic E-state index is 13.2. The normalized spacial score (nSPS) is 12.0. The molecule has 0 aliphatic carbocycles. The van der Waals surface area contributed by atoms with Gasteiger partial charge in [0.2, 0.25) is 10.0 Å². The number of rotatable bonds is 8. The first-order valence-electron chi connectivity index (χ1n) is 9.20. The molecule has 0 saturated heterocycles. The molecule has 0 saturated carbocycles. The van der Waals surface area contributed by atoms with Crippen LogP contribution in [0.2, 0.25) is 0 Å². The fourth-order valence-corrected chi connectivity index (χ4v) is 4.70. The highest BCUT2D eigenvalue weighted by Crippen LogP contribution is 2.20. The summed E-state index contributed by atoms with van der Waals surface area (Å²) in [5.74, 6) is 0.237. The minimum absolute atomic E-state index is 0.237. The molecule has 3 aromatic rings. The Kier molecular flexibility index (Phi) is 6.14. The van der Waals surface area contributed by atoms with E-state index < -0.39 is 10.0 Å². The zero-order chi connectivity index (χ0) is 19.3. The van der Waals surface area contributed by atoms with Crippen LogP contribution < -0.4 is 0 Å². The molecule has 0 fully saturated rings. The maximum atomic E-state index is 13.2. The molecule has 0 aliphatic rings. The molecule has 0 unspecified atom stereocenters. The van der Waals surface area contributed by atoms with Gasteiger partial charge in [-0.05, 0) is 35.7 Å². The number of nitrogens with zero attached hydrogens (tertiary/aromatic N) is 2. The first-order chi connectivity index (χ1) is 13.0. The van der Waals surface area contributed by atoms with E-state index in [-0.39, 0.29) is 5.92 Å². The van der Waals surface area contributed by atoms with Crippen molar-refractivity contribution in [3.8, 4) is 0 Å². The highest BCUT2D eigenvalue weighted by Gasteiger charge is 2.26. The Morgan fingerprint density at radius 3 is 2.15 bits per heavy atom. The molecule has 5 heteroatoms. The summed E-state index contributed by atoms with van der Waals surface area (Å²) in [5, 5.41) is 0. The average Bonchev–Trinajstić information content (AvgIpc) is 3.09. The summed E-state index contributed by atoms with van der Waals surface area (Å²) in [6.07, 6.45) is 2.00. The zero-order valence-electron chi connectivity index (χ0n) is 15.8. The molecule has 0 aliphatic heterocycles. The molecular formula is C22H26N2O2S. The monoisotopic (exact) mass is 382 g/mol. The molecule has 0 N–H and O–H groups in total. The van der Waals surface area contributed by atoms with E-state index in [1.165, 1.54) is 5.56 Å². The maximum Gasteiger partial charge on any atom is 0.243 e. The third-order valence-electron chi connectivity index (χ3n) is 4.41. The van der Waals surface area contributed by atoms with Crippen molar-refractivity contribution < 1.29 is 8.42 Å². The Hall–Kier alpha value is -2.37. The van der Waals surface area contributed by atoms with E-state index in [9.17, 15) is 8.42 Å². The Bertz CT molecular complexity index is 948. The van der Waals surface area contributed by atoms with Gasteiger partial charge < -0.3 is 4.57 Å². The number of benzene rings is 2. The van der Waals surface area contributed by atoms with Gasteiger partial charge >= 0.3 is 0 Å². The van der Waals surface area contributed by atoms with Crippen molar-refractivity contribution in [3.05, 3.63) is 90.3 Å². The summed E-state index contributed by atoms with van der Waals surface area (Å²) in [5.41, 5.74) is 2.18. The highest BCUT2D eigenvalue weighted by atomic mass is 32.2. The standard InChI is InChI=1S/C22H26N2O2S/c1-19(2)16-24(27(25,26)22-13-7-4-8-14-22)18-21-12-9-15-23(21)17-20-10-5-3-6-11-20/h3-15,19H,16-18H2,1-2H3. The lowest BCUT2D eigenvalue weighted by atomic mass is 10.2. The van der Waals surface area contributed by atoms with Crippen LogP contribution >= 0.6 is 0 Å². The van der Waals surface area contributed by atoms with Crippen LogP contribution in [0.25, 0.3) is 0 Å². The second-order valence-electron chi connectivity index (χ2n) is 7.12. The van der Waals surface area contributed by atoms with Crippen molar-refractivity contribution in [2.75, 3.05) is 6.54 Å². The predicted octanol–water partition coefficient (Wildman–Crippen LogP) is 4.38. The second-order valence-corrected chi connectivity index (χ2v) is 9.06. The quantitative estimate of drug-likeness (QED) is 0.580.